The average molecular weight is 506 g/mol. The summed E-state index contributed by atoms with van der Waals surface area (Å²) in [6.45, 7) is 1.91. The fraction of sp³-hybridized carbons (Fsp3) is 0.103. The molecule has 0 radical (unpaired) electrons. The quantitative estimate of drug-likeness (QED) is 0.300. The second-order valence-electron chi connectivity index (χ2n) is 8.63. The highest BCUT2D eigenvalue weighted by molar-refractivity contribution is 7.15. The number of nitrogens with one attached hydrogen (secondary N) is 1. The monoisotopic (exact) mass is 505 g/mol. The van der Waals surface area contributed by atoms with Crippen LogP contribution in [0, 0.1) is 6.92 Å². The van der Waals surface area contributed by atoms with Crippen molar-refractivity contribution in [1.82, 2.24) is 20.0 Å². The number of hydrogen-bond donors (Lipinski definition) is 1. The first-order valence-corrected chi connectivity index (χ1v) is 12.7. The summed E-state index contributed by atoms with van der Waals surface area (Å²) in [6.07, 6.45) is 0.468. The van der Waals surface area contributed by atoms with Gasteiger partial charge in [0.25, 0.3) is 5.91 Å². The smallest absolute Gasteiger partial charge is 0.280 e. The number of fused-ring (bicyclic) bond motifs is 1. The molecule has 1 aliphatic rings. The van der Waals surface area contributed by atoms with Gasteiger partial charge in [-0.25, -0.2) is 0 Å². The summed E-state index contributed by atoms with van der Waals surface area (Å²) in [6, 6.07) is 27.6. The van der Waals surface area contributed by atoms with E-state index in [0.29, 0.717) is 17.1 Å². The van der Waals surface area contributed by atoms with Crippen LogP contribution < -0.4 is 10.1 Å². The van der Waals surface area contributed by atoms with E-state index in [2.05, 4.69) is 27.6 Å². The Morgan fingerprint density at radius 3 is 2.16 bits per heavy atom. The molecule has 0 bridgehead atoms. The predicted octanol–water partition coefficient (Wildman–Crippen LogP) is 6.11. The van der Waals surface area contributed by atoms with Crippen molar-refractivity contribution in [3.8, 4) is 28.1 Å². The minimum absolute atomic E-state index is 0.200. The Balaban J connectivity index is 1.55. The Kier molecular flexibility index (Phi) is 5.86. The number of aromatic nitrogens is 4. The lowest BCUT2D eigenvalue weighted by Crippen LogP contribution is -2.26. The zero-order chi connectivity index (χ0) is 25.4. The summed E-state index contributed by atoms with van der Waals surface area (Å²) < 4.78 is 6.89. The number of aryl methyl sites for hydroxylation is 1. The first-order valence-electron chi connectivity index (χ1n) is 11.8. The van der Waals surface area contributed by atoms with Crippen molar-refractivity contribution in [3.63, 3.8) is 0 Å². The maximum absolute atomic E-state index is 14.1. The van der Waals surface area contributed by atoms with Gasteiger partial charge in [0.05, 0.1) is 18.4 Å². The third-order valence-corrected chi connectivity index (χ3v) is 7.06. The molecule has 1 N–H and O–H groups in total. The van der Waals surface area contributed by atoms with E-state index in [1.165, 1.54) is 11.3 Å². The van der Waals surface area contributed by atoms with Gasteiger partial charge in [-0.15, -0.1) is 10.2 Å². The number of benzene rings is 3. The van der Waals surface area contributed by atoms with Crippen LogP contribution in [0.5, 0.6) is 5.75 Å². The number of allylic oxidation sites excluding steroid dienone is 2. The van der Waals surface area contributed by atoms with Crippen molar-refractivity contribution in [3.05, 3.63) is 107 Å². The Hall–Kier alpha value is -4.56. The maximum atomic E-state index is 14.1. The zero-order valence-electron chi connectivity index (χ0n) is 20.3. The normalized spacial score (nSPS) is 13.0. The van der Waals surface area contributed by atoms with E-state index >= 15 is 0 Å². The summed E-state index contributed by atoms with van der Waals surface area (Å²) in [4.78, 5) is 14.1. The Morgan fingerprint density at radius 1 is 0.865 bits per heavy atom. The minimum atomic E-state index is -0.200. The Labute approximate surface area is 218 Å². The molecule has 3 aromatic carbocycles. The van der Waals surface area contributed by atoms with Crippen LogP contribution in [0.2, 0.25) is 0 Å². The topological polar surface area (TPSA) is 81.9 Å². The van der Waals surface area contributed by atoms with Crippen LogP contribution >= 0.6 is 11.3 Å². The molecule has 7 nitrogen and oxygen atoms in total. The first-order chi connectivity index (χ1) is 18.1. The molecule has 0 saturated heterocycles. The molecule has 2 aromatic heterocycles. The molecule has 0 amide bonds. The van der Waals surface area contributed by atoms with E-state index in [1.807, 2.05) is 79.7 Å². The second kappa shape index (κ2) is 9.48. The van der Waals surface area contributed by atoms with Gasteiger partial charge in [-0.1, -0.05) is 84.1 Å². The summed E-state index contributed by atoms with van der Waals surface area (Å²) in [5, 5.41) is 18.2. The highest BCUT2D eigenvalue weighted by atomic mass is 32.1. The molecular formula is C29H23N5O2S. The lowest BCUT2D eigenvalue weighted by Gasteiger charge is -2.22. The van der Waals surface area contributed by atoms with Gasteiger partial charge >= 0.3 is 0 Å². The van der Waals surface area contributed by atoms with Gasteiger partial charge in [0, 0.05) is 23.2 Å². The van der Waals surface area contributed by atoms with Crippen LogP contribution in [0.1, 0.15) is 21.1 Å². The van der Waals surface area contributed by atoms with Crippen molar-refractivity contribution in [1.29, 1.82) is 0 Å². The summed E-state index contributed by atoms with van der Waals surface area (Å²) in [7, 11) is 1.62. The van der Waals surface area contributed by atoms with Crippen LogP contribution in [0.4, 0.5) is 5.13 Å². The zero-order valence-corrected chi connectivity index (χ0v) is 21.1. The van der Waals surface area contributed by atoms with E-state index < -0.39 is 0 Å². The van der Waals surface area contributed by atoms with Crippen LogP contribution in [0.15, 0.2) is 90.6 Å². The van der Waals surface area contributed by atoms with Crippen LogP contribution in [-0.2, 0) is 6.42 Å². The van der Waals surface area contributed by atoms with E-state index in [4.69, 9.17) is 9.84 Å². The van der Waals surface area contributed by atoms with E-state index in [-0.39, 0.29) is 5.91 Å². The van der Waals surface area contributed by atoms with Gasteiger partial charge in [0.2, 0.25) is 5.13 Å². The van der Waals surface area contributed by atoms with Crippen molar-refractivity contribution in [2.75, 3.05) is 12.4 Å². The summed E-state index contributed by atoms with van der Waals surface area (Å²) in [5.74, 6) is 0.522. The number of methoxy groups -OCH3 is 1. The van der Waals surface area contributed by atoms with Gasteiger partial charge < -0.3 is 10.1 Å². The minimum Gasteiger partial charge on any atom is -0.497 e. The molecule has 0 unspecified atom stereocenters. The molecule has 6 rings (SSSR count). The van der Waals surface area contributed by atoms with Gasteiger partial charge in [-0.2, -0.15) is 9.78 Å². The molecule has 3 heterocycles. The molecule has 8 heteroatoms. The lowest BCUT2D eigenvalue weighted by atomic mass is 9.92. The summed E-state index contributed by atoms with van der Waals surface area (Å²) >= 11 is 1.45. The van der Waals surface area contributed by atoms with Crippen LogP contribution in [0.3, 0.4) is 0 Å². The molecule has 182 valence electrons. The average Bonchev–Trinajstić information content (AvgIpc) is 3.53. The second-order valence-corrected chi connectivity index (χ2v) is 9.81. The predicted molar refractivity (Wildman–Crippen MR) is 146 cm³/mol. The summed E-state index contributed by atoms with van der Waals surface area (Å²) in [5.41, 5.74) is 6.60. The highest BCUT2D eigenvalue weighted by Gasteiger charge is 2.33. The molecule has 37 heavy (non-hydrogen) atoms. The first kappa shape index (κ1) is 22.9. The number of rotatable bonds is 6. The molecule has 0 saturated carbocycles. The van der Waals surface area contributed by atoms with Crippen molar-refractivity contribution in [2.24, 2.45) is 0 Å². The van der Waals surface area contributed by atoms with Crippen molar-refractivity contribution >= 4 is 27.9 Å². The van der Waals surface area contributed by atoms with E-state index in [9.17, 15) is 4.79 Å². The number of carbonyl (C=O) groups is 1. The van der Waals surface area contributed by atoms with Crippen LogP contribution in [0.25, 0.3) is 28.0 Å². The Bertz CT molecular complexity index is 1620. The van der Waals surface area contributed by atoms with Gasteiger partial charge in [0.1, 0.15) is 16.5 Å². The van der Waals surface area contributed by atoms with E-state index in [0.717, 1.165) is 50.1 Å². The third-order valence-electron chi connectivity index (χ3n) is 6.31. The van der Waals surface area contributed by atoms with Crippen molar-refractivity contribution in [2.45, 2.75) is 13.3 Å². The molecule has 1 aliphatic heterocycles. The Morgan fingerprint density at radius 2 is 1.54 bits per heavy atom. The number of hydrogen-bond acceptors (Lipinski definition) is 7. The van der Waals surface area contributed by atoms with Gasteiger partial charge in [0.15, 0.2) is 0 Å². The van der Waals surface area contributed by atoms with Crippen molar-refractivity contribution < 1.29 is 9.53 Å². The molecule has 0 atom stereocenters. The number of anilines is 1. The van der Waals surface area contributed by atoms with Gasteiger partial charge in [-0.3, -0.25) is 4.79 Å². The van der Waals surface area contributed by atoms with Gasteiger partial charge in [-0.05, 0) is 30.2 Å². The lowest BCUT2D eigenvalue weighted by molar-refractivity contribution is 0.0958. The molecular weight excluding hydrogens is 482 g/mol. The number of nitrogens with zero attached hydrogens (tertiary/aromatic N) is 4. The third kappa shape index (κ3) is 4.21. The van der Waals surface area contributed by atoms with E-state index in [1.54, 1.807) is 11.8 Å². The van der Waals surface area contributed by atoms with Crippen LogP contribution in [-0.4, -0.2) is 33.0 Å². The largest absolute Gasteiger partial charge is 0.497 e. The maximum Gasteiger partial charge on any atom is 0.280 e. The fourth-order valence-electron chi connectivity index (χ4n) is 4.62. The number of carbonyl (C=O) groups excluding carboxylic acids is 1. The highest BCUT2D eigenvalue weighted by Crippen LogP contribution is 2.40. The molecule has 5 aromatic rings. The molecule has 0 spiro atoms. The molecule has 0 fully saturated rings. The number of ether oxygens (including phenoxy) is 1. The SMILES string of the molecule is COc1ccc(C2=C(Nc3nnc(C)s3)Cc3c(-c4ccccc4)c(-c4ccccc4)nn3C2=O)cc1. The fourth-order valence-corrected chi connectivity index (χ4v) is 5.24. The molecule has 0 aliphatic carbocycles. The standard InChI is InChI=1S/C29H23N5O2S/c1-18-31-32-29(37-18)30-23-17-24-26(19-9-5-3-6-10-19)27(21-11-7-4-8-12-21)33-34(24)28(35)25(23)20-13-15-22(36-2)16-14-20/h3-16H,17H2,1-2H3,(H,30,32).